The van der Waals surface area contributed by atoms with Crippen LogP contribution in [0.25, 0.3) is 10.9 Å². The molecule has 0 spiro atoms. The van der Waals surface area contributed by atoms with Crippen LogP contribution in [0.2, 0.25) is 0 Å². The average Bonchev–Trinajstić information content (AvgIpc) is 2.60. The zero-order valence-electron chi connectivity index (χ0n) is 16.0. The molecule has 0 bridgehead atoms. The van der Waals surface area contributed by atoms with E-state index in [1.807, 2.05) is 63.2 Å². The normalized spacial score (nSPS) is 10.7. The molecular formula is C22H23N3O2. The number of hydrogen-bond acceptors (Lipinski definition) is 3. The summed E-state index contributed by atoms with van der Waals surface area (Å²) in [5, 5.41) is 3.84. The molecule has 2 aromatic carbocycles. The van der Waals surface area contributed by atoms with Crippen molar-refractivity contribution in [2.24, 2.45) is 0 Å². The van der Waals surface area contributed by atoms with Crippen LogP contribution in [0.1, 0.15) is 23.6 Å². The highest BCUT2D eigenvalue weighted by Gasteiger charge is 2.20. The van der Waals surface area contributed by atoms with E-state index < -0.39 is 0 Å². The molecule has 3 rings (SSSR count). The predicted octanol–water partition coefficient (Wildman–Crippen LogP) is 4.15. The second kappa shape index (κ2) is 7.58. The lowest BCUT2D eigenvalue weighted by atomic mass is 10.0. The first kappa shape index (κ1) is 18.6. The van der Waals surface area contributed by atoms with E-state index in [1.165, 1.54) is 11.8 Å². The van der Waals surface area contributed by atoms with E-state index in [1.54, 1.807) is 6.20 Å². The molecule has 5 nitrogen and oxygen atoms in total. The van der Waals surface area contributed by atoms with Gasteiger partial charge in [0.05, 0.1) is 16.9 Å². The number of rotatable bonds is 4. The number of hydrogen-bond donors (Lipinski definition) is 1. The molecule has 1 aromatic heterocycles. The molecule has 0 aliphatic rings. The van der Waals surface area contributed by atoms with Crippen molar-refractivity contribution in [3.05, 3.63) is 65.4 Å². The van der Waals surface area contributed by atoms with Gasteiger partial charge >= 0.3 is 0 Å². The Morgan fingerprint density at radius 3 is 2.37 bits per heavy atom. The molecule has 138 valence electrons. The summed E-state index contributed by atoms with van der Waals surface area (Å²) < 4.78 is 0. The minimum atomic E-state index is -0.261. The fourth-order valence-electron chi connectivity index (χ4n) is 3.48. The van der Waals surface area contributed by atoms with Crippen LogP contribution in [0.4, 0.5) is 11.4 Å². The second-order valence-electron chi connectivity index (χ2n) is 6.78. The summed E-state index contributed by atoms with van der Waals surface area (Å²) in [6.45, 7) is 7.35. The summed E-state index contributed by atoms with van der Waals surface area (Å²) in [5.74, 6) is -0.432. The largest absolute Gasteiger partial charge is 0.323 e. The number of carbonyl (C=O) groups excluding carboxylic acids is 2. The fraction of sp³-hybridized carbons (Fsp3) is 0.227. The van der Waals surface area contributed by atoms with Crippen LogP contribution in [-0.2, 0) is 9.59 Å². The minimum absolute atomic E-state index is 0.0523. The van der Waals surface area contributed by atoms with E-state index >= 15 is 0 Å². The van der Waals surface area contributed by atoms with Gasteiger partial charge in [0.15, 0.2) is 0 Å². The Balaban J connectivity index is 1.87. The first-order chi connectivity index (χ1) is 12.9. The molecule has 0 aliphatic heterocycles. The number of nitrogens with zero attached hydrogens (tertiary/aromatic N) is 2. The molecular weight excluding hydrogens is 338 g/mol. The highest BCUT2D eigenvalue weighted by atomic mass is 16.2. The van der Waals surface area contributed by atoms with Crippen molar-refractivity contribution in [1.29, 1.82) is 0 Å². The summed E-state index contributed by atoms with van der Waals surface area (Å²) in [6.07, 6.45) is 1.69. The van der Waals surface area contributed by atoms with Gasteiger partial charge in [0, 0.05) is 18.5 Å². The van der Waals surface area contributed by atoms with Gasteiger partial charge in [-0.25, -0.2) is 0 Å². The molecule has 1 N–H and O–H groups in total. The molecule has 27 heavy (non-hydrogen) atoms. The standard InChI is InChI=1S/C22H23N3O2/c1-14-11-15(2)22(16(3)12-14)25(17(4)26)13-20(27)24-19-9-5-7-18-8-6-10-23-21(18)19/h5-12H,13H2,1-4H3,(H,24,27). The highest BCUT2D eigenvalue weighted by molar-refractivity contribution is 6.05. The van der Waals surface area contributed by atoms with Crippen LogP contribution in [0, 0.1) is 20.8 Å². The monoisotopic (exact) mass is 361 g/mol. The maximum absolute atomic E-state index is 12.7. The Hall–Kier alpha value is -3.21. The molecule has 0 atom stereocenters. The summed E-state index contributed by atoms with van der Waals surface area (Å²) >= 11 is 0. The zero-order chi connectivity index (χ0) is 19.6. The van der Waals surface area contributed by atoms with Crippen molar-refractivity contribution in [2.75, 3.05) is 16.8 Å². The Morgan fingerprint density at radius 1 is 1.04 bits per heavy atom. The lowest BCUT2D eigenvalue weighted by Gasteiger charge is -2.25. The first-order valence-corrected chi connectivity index (χ1v) is 8.86. The number of para-hydroxylation sites is 1. The molecule has 1 heterocycles. The van der Waals surface area contributed by atoms with E-state index in [4.69, 9.17) is 0 Å². The molecule has 5 heteroatoms. The summed E-state index contributed by atoms with van der Waals surface area (Å²) in [4.78, 5) is 30.8. The van der Waals surface area contributed by atoms with Gasteiger partial charge < -0.3 is 10.2 Å². The maximum atomic E-state index is 12.7. The number of amides is 2. The third-order valence-electron chi connectivity index (χ3n) is 4.49. The van der Waals surface area contributed by atoms with Crippen LogP contribution in [-0.4, -0.2) is 23.3 Å². The van der Waals surface area contributed by atoms with Crippen molar-refractivity contribution in [3.63, 3.8) is 0 Å². The third-order valence-corrected chi connectivity index (χ3v) is 4.49. The fourth-order valence-corrected chi connectivity index (χ4v) is 3.48. The molecule has 0 unspecified atom stereocenters. The highest BCUT2D eigenvalue weighted by Crippen LogP contribution is 2.27. The van der Waals surface area contributed by atoms with Crippen molar-refractivity contribution < 1.29 is 9.59 Å². The predicted molar refractivity (Wildman–Crippen MR) is 109 cm³/mol. The van der Waals surface area contributed by atoms with Crippen LogP contribution in [0.15, 0.2) is 48.7 Å². The minimum Gasteiger partial charge on any atom is -0.323 e. The molecule has 2 amide bonds. The van der Waals surface area contributed by atoms with Gasteiger partial charge in [0.25, 0.3) is 0 Å². The van der Waals surface area contributed by atoms with E-state index in [2.05, 4.69) is 10.3 Å². The number of anilines is 2. The van der Waals surface area contributed by atoms with Gasteiger partial charge in [-0.05, 0) is 44.0 Å². The Morgan fingerprint density at radius 2 is 1.70 bits per heavy atom. The van der Waals surface area contributed by atoms with Crippen molar-refractivity contribution in [3.8, 4) is 0 Å². The van der Waals surface area contributed by atoms with E-state index in [9.17, 15) is 9.59 Å². The molecule has 0 radical (unpaired) electrons. The lowest BCUT2D eigenvalue weighted by Crippen LogP contribution is -2.37. The van der Waals surface area contributed by atoms with Crippen LogP contribution >= 0.6 is 0 Å². The number of fused-ring (bicyclic) bond motifs is 1. The number of aryl methyl sites for hydroxylation is 3. The molecule has 3 aromatic rings. The topological polar surface area (TPSA) is 62.3 Å². The van der Waals surface area contributed by atoms with Gasteiger partial charge in [-0.1, -0.05) is 35.9 Å². The van der Waals surface area contributed by atoms with Crippen LogP contribution in [0.3, 0.4) is 0 Å². The average molecular weight is 361 g/mol. The number of aromatic nitrogens is 1. The zero-order valence-corrected chi connectivity index (χ0v) is 16.0. The second-order valence-corrected chi connectivity index (χ2v) is 6.78. The van der Waals surface area contributed by atoms with Gasteiger partial charge in [0.2, 0.25) is 11.8 Å². The summed E-state index contributed by atoms with van der Waals surface area (Å²) in [7, 11) is 0. The van der Waals surface area contributed by atoms with E-state index in [0.29, 0.717) is 5.69 Å². The number of carbonyl (C=O) groups is 2. The summed E-state index contributed by atoms with van der Waals surface area (Å²) in [5.41, 5.74) is 5.23. The van der Waals surface area contributed by atoms with E-state index in [0.717, 1.165) is 33.3 Å². The van der Waals surface area contributed by atoms with Gasteiger partial charge in [-0.15, -0.1) is 0 Å². The SMILES string of the molecule is CC(=O)N(CC(=O)Nc1cccc2cccnc12)c1c(C)cc(C)cc1C. The number of benzene rings is 2. The van der Waals surface area contributed by atoms with Crippen LogP contribution in [0.5, 0.6) is 0 Å². The number of nitrogens with one attached hydrogen (secondary N) is 1. The summed E-state index contributed by atoms with van der Waals surface area (Å²) in [6, 6.07) is 13.5. The lowest BCUT2D eigenvalue weighted by molar-refractivity contribution is -0.120. The Kier molecular flexibility index (Phi) is 5.21. The smallest absolute Gasteiger partial charge is 0.244 e. The molecule has 0 saturated heterocycles. The van der Waals surface area contributed by atoms with Gasteiger partial charge in [0.1, 0.15) is 6.54 Å². The Bertz CT molecular complexity index is 999. The third kappa shape index (κ3) is 3.97. The van der Waals surface area contributed by atoms with Crippen LogP contribution < -0.4 is 10.2 Å². The first-order valence-electron chi connectivity index (χ1n) is 8.86. The quantitative estimate of drug-likeness (QED) is 0.759. The van der Waals surface area contributed by atoms with Crippen molar-refractivity contribution in [2.45, 2.75) is 27.7 Å². The van der Waals surface area contributed by atoms with Gasteiger partial charge in [-0.2, -0.15) is 0 Å². The molecule has 0 aliphatic carbocycles. The number of pyridine rings is 1. The van der Waals surface area contributed by atoms with Gasteiger partial charge in [-0.3, -0.25) is 14.6 Å². The Labute approximate surface area is 159 Å². The molecule has 0 saturated carbocycles. The van der Waals surface area contributed by atoms with Crippen molar-refractivity contribution >= 4 is 34.1 Å². The van der Waals surface area contributed by atoms with E-state index in [-0.39, 0.29) is 18.4 Å². The molecule has 0 fully saturated rings. The van der Waals surface area contributed by atoms with Crippen molar-refractivity contribution in [1.82, 2.24) is 4.98 Å². The maximum Gasteiger partial charge on any atom is 0.244 e.